The van der Waals surface area contributed by atoms with E-state index in [1.165, 1.54) is 0 Å². The van der Waals surface area contributed by atoms with Gasteiger partial charge in [0, 0.05) is 13.2 Å². The molecule has 84 valence electrons. The van der Waals surface area contributed by atoms with Crippen molar-refractivity contribution in [1.29, 1.82) is 0 Å². The Morgan fingerprint density at radius 3 is 2.64 bits per heavy atom. The second-order valence-corrected chi connectivity index (χ2v) is 3.71. The van der Waals surface area contributed by atoms with E-state index in [2.05, 4.69) is 18.9 Å². The molecule has 3 heteroatoms. The lowest BCUT2D eigenvalue weighted by Crippen LogP contribution is -2.35. The fraction of sp³-hybridized carbons (Fsp3) is 0.818. The van der Waals surface area contributed by atoms with Crippen LogP contribution in [0.2, 0.25) is 0 Å². The summed E-state index contributed by atoms with van der Waals surface area (Å²) < 4.78 is 5.19. The maximum absolute atomic E-state index is 5.47. The van der Waals surface area contributed by atoms with Gasteiger partial charge < -0.3 is 4.74 Å². The topological polar surface area (TPSA) is 47.3 Å². The third-order valence-electron chi connectivity index (χ3n) is 2.52. The Morgan fingerprint density at radius 1 is 1.43 bits per heavy atom. The first kappa shape index (κ1) is 13.6. The molecule has 0 aliphatic carbocycles. The Bertz CT molecular complexity index is 139. The molecule has 0 aliphatic rings. The molecule has 0 heterocycles. The van der Waals surface area contributed by atoms with Crippen LogP contribution >= 0.6 is 0 Å². The molecule has 3 nitrogen and oxygen atoms in total. The highest BCUT2D eigenvalue weighted by atomic mass is 16.5. The lowest BCUT2D eigenvalue weighted by Gasteiger charge is -2.17. The molecule has 0 amide bonds. The molecule has 2 unspecified atom stereocenters. The Hall–Kier alpha value is -0.380. The van der Waals surface area contributed by atoms with Crippen molar-refractivity contribution in [3.8, 4) is 0 Å². The van der Waals surface area contributed by atoms with Crippen molar-refractivity contribution in [2.45, 2.75) is 51.2 Å². The van der Waals surface area contributed by atoms with Crippen molar-refractivity contribution in [3.63, 3.8) is 0 Å². The monoisotopic (exact) mass is 200 g/mol. The number of hydrazine groups is 1. The molecular formula is C11H24N2O. The van der Waals surface area contributed by atoms with Crippen LogP contribution in [0.5, 0.6) is 0 Å². The summed E-state index contributed by atoms with van der Waals surface area (Å²) in [5, 5.41) is 0. The van der Waals surface area contributed by atoms with Gasteiger partial charge in [-0.15, -0.1) is 6.58 Å². The summed E-state index contributed by atoms with van der Waals surface area (Å²) in [6, 6.07) is 0.410. The van der Waals surface area contributed by atoms with E-state index in [9.17, 15) is 0 Å². The van der Waals surface area contributed by atoms with Crippen LogP contribution < -0.4 is 11.3 Å². The minimum absolute atomic E-state index is 0.324. The largest absolute Gasteiger partial charge is 0.382 e. The zero-order valence-corrected chi connectivity index (χ0v) is 9.46. The molecule has 0 aromatic carbocycles. The summed E-state index contributed by atoms with van der Waals surface area (Å²) in [5.74, 6) is 5.47. The molecule has 3 N–H and O–H groups in total. The molecule has 0 rings (SSSR count). The number of hydrogen-bond acceptors (Lipinski definition) is 3. The quantitative estimate of drug-likeness (QED) is 0.259. The van der Waals surface area contributed by atoms with Gasteiger partial charge in [0.05, 0.1) is 6.10 Å². The highest BCUT2D eigenvalue weighted by molar-refractivity contribution is 4.70. The third-order valence-corrected chi connectivity index (χ3v) is 2.52. The maximum Gasteiger partial charge on any atom is 0.0543 e. The number of hydrogen-bond donors (Lipinski definition) is 2. The Balaban J connectivity index is 3.51. The van der Waals surface area contributed by atoms with Gasteiger partial charge >= 0.3 is 0 Å². The summed E-state index contributed by atoms with van der Waals surface area (Å²) in [6.07, 6.45) is 7.73. The third kappa shape index (κ3) is 7.06. The van der Waals surface area contributed by atoms with Crippen LogP contribution in [0.4, 0.5) is 0 Å². The molecule has 0 fully saturated rings. The number of unbranched alkanes of at least 4 members (excludes halogenated alkanes) is 1. The van der Waals surface area contributed by atoms with Gasteiger partial charge in [-0.1, -0.05) is 6.08 Å². The maximum atomic E-state index is 5.47. The van der Waals surface area contributed by atoms with E-state index >= 15 is 0 Å². The number of allylic oxidation sites excluding steroid dienone is 1. The van der Waals surface area contributed by atoms with Crippen LogP contribution in [-0.4, -0.2) is 19.3 Å². The average molecular weight is 200 g/mol. The van der Waals surface area contributed by atoms with Gasteiger partial charge in [0.1, 0.15) is 0 Å². The van der Waals surface area contributed by atoms with Crippen LogP contribution in [0, 0.1) is 0 Å². The summed E-state index contributed by atoms with van der Waals surface area (Å²) >= 11 is 0. The highest BCUT2D eigenvalue weighted by Crippen LogP contribution is 2.09. The second kappa shape index (κ2) is 9.19. The van der Waals surface area contributed by atoms with Crippen LogP contribution in [-0.2, 0) is 4.74 Å². The summed E-state index contributed by atoms with van der Waals surface area (Å²) in [5.41, 5.74) is 2.85. The standard InChI is InChI=1S/C11H24N2O/c1-4-5-6-7-11(13-12)9-8-10(2)14-3/h4,10-11,13H,1,5-9,12H2,2-3H3. The fourth-order valence-electron chi connectivity index (χ4n) is 1.37. The van der Waals surface area contributed by atoms with Gasteiger partial charge in [-0.05, 0) is 39.0 Å². The smallest absolute Gasteiger partial charge is 0.0543 e. The molecule has 0 bridgehead atoms. The van der Waals surface area contributed by atoms with Gasteiger partial charge in [-0.3, -0.25) is 11.3 Å². The molecule has 0 aliphatic heterocycles. The van der Waals surface area contributed by atoms with Crippen molar-refractivity contribution >= 4 is 0 Å². The lowest BCUT2D eigenvalue weighted by atomic mass is 10.0. The Labute approximate surface area is 87.7 Å². The number of nitrogens with one attached hydrogen (secondary N) is 1. The molecule has 0 radical (unpaired) electrons. The van der Waals surface area contributed by atoms with Gasteiger partial charge in [-0.2, -0.15) is 0 Å². The van der Waals surface area contributed by atoms with E-state index < -0.39 is 0 Å². The van der Waals surface area contributed by atoms with E-state index in [4.69, 9.17) is 10.6 Å². The normalized spacial score (nSPS) is 15.1. The average Bonchev–Trinajstić information content (AvgIpc) is 2.22. The predicted octanol–water partition coefficient (Wildman–Crippen LogP) is 1.99. The molecule has 0 spiro atoms. The van der Waals surface area contributed by atoms with E-state index in [1.807, 2.05) is 6.08 Å². The van der Waals surface area contributed by atoms with Crippen molar-refractivity contribution in [2.75, 3.05) is 7.11 Å². The van der Waals surface area contributed by atoms with Crippen LogP contribution in [0.1, 0.15) is 39.0 Å². The molecule has 14 heavy (non-hydrogen) atoms. The van der Waals surface area contributed by atoms with Crippen LogP contribution in [0.3, 0.4) is 0 Å². The minimum atomic E-state index is 0.324. The highest BCUT2D eigenvalue weighted by Gasteiger charge is 2.08. The van der Waals surface area contributed by atoms with E-state index in [-0.39, 0.29) is 0 Å². The van der Waals surface area contributed by atoms with Crippen molar-refractivity contribution in [3.05, 3.63) is 12.7 Å². The number of methoxy groups -OCH3 is 1. The minimum Gasteiger partial charge on any atom is -0.382 e. The summed E-state index contributed by atoms with van der Waals surface area (Å²) in [6.45, 7) is 5.78. The number of rotatable bonds is 9. The van der Waals surface area contributed by atoms with Gasteiger partial charge in [0.15, 0.2) is 0 Å². The molecule has 0 aromatic rings. The van der Waals surface area contributed by atoms with Crippen molar-refractivity contribution in [2.24, 2.45) is 5.84 Å². The molecule has 0 aromatic heterocycles. The Kier molecular flexibility index (Phi) is 8.94. The predicted molar refractivity (Wildman–Crippen MR) is 60.9 cm³/mol. The zero-order valence-electron chi connectivity index (χ0n) is 9.46. The number of nitrogens with two attached hydrogens (primary N) is 1. The van der Waals surface area contributed by atoms with Gasteiger partial charge in [0.25, 0.3) is 0 Å². The molecule has 0 saturated heterocycles. The SMILES string of the molecule is C=CCCCC(CCC(C)OC)NN. The van der Waals surface area contributed by atoms with Crippen molar-refractivity contribution in [1.82, 2.24) is 5.43 Å². The van der Waals surface area contributed by atoms with Crippen LogP contribution in [0.15, 0.2) is 12.7 Å². The molecular weight excluding hydrogens is 176 g/mol. The molecule has 0 saturated carbocycles. The van der Waals surface area contributed by atoms with Gasteiger partial charge in [-0.25, -0.2) is 0 Å². The van der Waals surface area contributed by atoms with E-state index in [0.29, 0.717) is 12.1 Å². The van der Waals surface area contributed by atoms with Crippen LogP contribution in [0.25, 0.3) is 0 Å². The molecule has 2 atom stereocenters. The summed E-state index contributed by atoms with van der Waals surface area (Å²) in [7, 11) is 1.74. The summed E-state index contributed by atoms with van der Waals surface area (Å²) in [4.78, 5) is 0. The second-order valence-electron chi connectivity index (χ2n) is 3.71. The fourth-order valence-corrected chi connectivity index (χ4v) is 1.37. The van der Waals surface area contributed by atoms with Gasteiger partial charge in [0.2, 0.25) is 0 Å². The first-order valence-electron chi connectivity index (χ1n) is 5.34. The first-order chi connectivity index (χ1) is 6.74. The lowest BCUT2D eigenvalue weighted by molar-refractivity contribution is 0.105. The van der Waals surface area contributed by atoms with E-state index in [0.717, 1.165) is 32.1 Å². The van der Waals surface area contributed by atoms with Crippen molar-refractivity contribution < 1.29 is 4.74 Å². The first-order valence-corrected chi connectivity index (χ1v) is 5.34. The number of ether oxygens (including phenoxy) is 1. The Morgan fingerprint density at radius 2 is 2.14 bits per heavy atom. The van der Waals surface area contributed by atoms with E-state index in [1.54, 1.807) is 7.11 Å². The zero-order chi connectivity index (χ0) is 10.8.